The maximum atomic E-state index is 12.7. The summed E-state index contributed by atoms with van der Waals surface area (Å²) in [6, 6.07) is 0.209. The molecule has 0 atom stereocenters. The zero-order chi connectivity index (χ0) is 18.5. The third-order valence-corrected chi connectivity index (χ3v) is 7.18. The van der Waals surface area contributed by atoms with Crippen LogP contribution in [0.1, 0.15) is 72.1 Å². The third-order valence-electron chi connectivity index (χ3n) is 7.18. The molecule has 4 aliphatic carbocycles. The minimum atomic E-state index is -0.323. The zero-order valence-electron chi connectivity index (χ0n) is 16.6. The van der Waals surface area contributed by atoms with Crippen molar-refractivity contribution in [3.05, 3.63) is 0 Å². The van der Waals surface area contributed by atoms with Crippen LogP contribution in [0.25, 0.3) is 0 Å². The van der Waals surface area contributed by atoms with E-state index < -0.39 is 0 Å². The Morgan fingerprint density at radius 2 is 1.42 bits per heavy atom. The van der Waals surface area contributed by atoms with Gasteiger partial charge in [0.25, 0.3) is 0 Å². The molecule has 26 heavy (non-hydrogen) atoms. The molecule has 1 aliphatic heterocycles. The van der Waals surface area contributed by atoms with Crippen LogP contribution < -0.4 is 10.6 Å². The number of rotatable bonds is 2. The molecule has 5 heteroatoms. The average molecular weight is 362 g/mol. The lowest BCUT2D eigenvalue weighted by atomic mass is 9.53. The Morgan fingerprint density at radius 1 is 0.923 bits per heavy atom. The molecule has 0 spiro atoms. The molecular formula is C21H35N3O2. The summed E-state index contributed by atoms with van der Waals surface area (Å²) in [6.45, 7) is 7.41. The van der Waals surface area contributed by atoms with Crippen molar-refractivity contribution in [1.29, 1.82) is 0 Å². The molecule has 5 aliphatic rings. The second-order valence-electron chi connectivity index (χ2n) is 10.6. The summed E-state index contributed by atoms with van der Waals surface area (Å²) in [5.41, 5.74) is -0.252. The Bertz CT molecular complexity index is 537. The van der Waals surface area contributed by atoms with Gasteiger partial charge in [-0.05, 0) is 69.1 Å². The predicted molar refractivity (Wildman–Crippen MR) is 102 cm³/mol. The summed E-state index contributed by atoms with van der Waals surface area (Å²) in [4.78, 5) is 27.0. The number of likely N-dealkylation sites (tertiary alicyclic amines) is 1. The average Bonchev–Trinajstić information content (AvgIpc) is 2.52. The van der Waals surface area contributed by atoms with Crippen LogP contribution in [0.4, 0.5) is 4.79 Å². The topological polar surface area (TPSA) is 61.4 Å². The minimum Gasteiger partial charge on any atom is -0.342 e. The number of urea groups is 1. The molecule has 5 fully saturated rings. The fourth-order valence-corrected chi connectivity index (χ4v) is 6.43. The van der Waals surface area contributed by atoms with Gasteiger partial charge < -0.3 is 15.5 Å². The van der Waals surface area contributed by atoms with E-state index in [0.717, 1.165) is 43.7 Å². The van der Waals surface area contributed by atoms with Gasteiger partial charge in [0.2, 0.25) is 5.91 Å². The van der Waals surface area contributed by atoms with Crippen LogP contribution in [-0.2, 0) is 4.79 Å². The summed E-state index contributed by atoms with van der Waals surface area (Å²) >= 11 is 0. The summed E-state index contributed by atoms with van der Waals surface area (Å²) in [5, 5.41) is 6.60. The van der Waals surface area contributed by atoms with E-state index in [1.807, 2.05) is 25.7 Å². The van der Waals surface area contributed by atoms with Gasteiger partial charge in [0.05, 0.1) is 0 Å². The van der Waals surface area contributed by atoms with Crippen molar-refractivity contribution in [2.45, 2.75) is 83.7 Å². The van der Waals surface area contributed by atoms with E-state index in [2.05, 4.69) is 10.6 Å². The Labute approximate surface area is 157 Å². The highest BCUT2D eigenvalue weighted by Gasteiger charge is 2.51. The van der Waals surface area contributed by atoms with E-state index >= 15 is 0 Å². The first-order chi connectivity index (χ1) is 12.2. The van der Waals surface area contributed by atoms with Crippen molar-refractivity contribution in [2.24, 2.45) is 23.2 Å². The van der Waals surface area contributed by atoms with E-state index in [9.17, 15) is 9.59 Å². The molecule has 0 aromatic carbocycles. The number of nitrogens with zero attached hydrogens (tertiary/aromatic N) is 1. The fraction of sp³-hybridized carbons (Fsp3) is 0.905. The van der Waals surface area contributed by atoms with Gasteiger partial charge in [-0.25, -0.2) is 4.79 Å². The van der Waals surface area contributed by atoms with Gasteiger partial charge in [0.15, 0.2) is 0 Å². The summed E-state index contributed by atoms with van der Waals surface area (Å²) < 4.78 is 0. The molecule has 4 bridgehead atoms. The van der Waals surface area contributed by atoms with Crippen LogP contribution in [0.5, 0.6) is 0 Å². The van der Waals surface area contributed by atoms with Crippen LogP contribution in [0.15, 0.2) is 0 Å². The van der Waals surface area contributed by atoms with Crippen LogP contribution in [0.3, 0.4) is 0 Å². The molecule has 1 saturated heterocycles. The normalized spacial score (nSPS) is 36.9. The van der Waals surface area contributed by atoms with Crippen LogP contribution in [0, 0.1) is 23.2 Å². The second-order valence-corrected chi connectivity index (χ2v) is 10.6. The SMILES string of the molecule is CC(C)(C)C(=O)N1CCC(NC(=O)NC23CC4CC(CC(C4)C2)C3)CC1. The number of carbonyl (C=O) groups excluding carboxylic acids is 2. The Balaban J connectivity index is 1.27. The lowest BCUT2D eigenvalue weighted by molar-refractivity contribution is -0.140. The summed E-state index contributed by atoms with van der Waals surface area (Å²) in [7, 11) is 0. The molecule has 0 aromatic heterocycles. The van der Waals surface area contributed by atoms with Crippen molar-refractivity contribution in [2.75, 3.05) is 13.1 Å². The van der Waals surface area contributed by atoms with Gasteiger partial charge >= 0.3 is 6.03 Å². The maximum absolute atomic E-state index is 12.7. The lowest BCUT2D eigenvalue weighted by Gasteiger charge is -2.56. The molecule has 146 valence electrons. The third kappa shape index (κ3) is 3.59. The molecule has 4 saturated carbocycles. The van der Waals surface area contributed by atoms with Gasteiger partial charge in [-0.3, -0.25) is 4.79 Å². The largest absolute Gasteiger partial charge is 0.342 e. The van der Waals surface area contributed by atoms with Crippen LogP contribution in [-0.4, -0.2) is 41.5 Å². The Kier molecular flexibility index (Phi) is 4.47. The van der Waals surface area contributed by atoms with E-state index in [1.54, 1.807) is 0 Å². The van der Waals surface area contributed by atoms with Crippen molar-refractivity contribution in [3.63, 3.8) is 0 Å². The van der Waals surface area contributed by atoms with Gasteiger partial charge in [-0.15, -0.1) is 0 Å². The van der Waals surface area contributed by atoms with E-state index in [-0.39, 0.29) is 28.9 Å². The first kappa shape index (κ1) is 18.1. The highest BCUT2D eigenvalue weighted by molar-refractivity contribution is 5.81. The molecule has 5 nitrogen and oxygen atoms in total. The number of hydrogen-bond acceptors (Lipinski definition) is 2. The van der Waals surface area contributed by atoms with Gasteiger partial charge in [-0.2, -0.15) is 0 Å². The quantitative estimate of drug-likeness (QED) is 0.793. The second kappa shape index (κ2) is 6.42. The first-order valence-corrected chi connectivity index (χ1v) is 10.6. The number of carbonyl (C=O) groups is 2. The Morgan fingerprint density at radius 3 is 1.88 bits per heavy atom. The van der Waals surface area contributed by atoms with Crippen molar-refractivity contribution in [3.8, 4) is 0 Å². The van der Waals surface area contributed by atoms with Crippen molar-refractivity contribution >= 4 is 11.9 Å². The van der Waals surface area contributed by atoms with Gasteiger partial charge in [0.1, 0.15) is 0 Å². The monoisotopic (exact) mass is 361 g/mol. The number of nitrogens with one attached hydrogen (secondary N) is 2. The molecule has 1 heterocycles. The smallest absolute Gasteiger partial charge is 0.315 e. The number of amides is 3. The molecule has 2 N–H and O–H groups in total. The van der Waals surface area contributed by atoms with Crippen molar-refractivity contribution in [1.82, 2.24) is 15.5 Å². The first-order valence-electron chi connectivity index (χ1n) is 10.6. The molecule has 0 radical (unpaired) electrons. The van der Waals surface area contributed by atoms with Crippen LogP contribution >= 0.6 is 0 Å². The molecule has 0 aromatic rings. The minimum absolute atomic E-state index is 0.0209. The zero-order valence-corrected chi connectivity index (χ0v) is 16.6. The summed E-state index contributed by atoms with van der Waals surface area (Å²) in [5.74, 6) is 2.74. The van der Waals surface area contributed by atoms with Crippen molar-refractivity contribution < 1.29 is 9.59 Å². The Hall–Kier alpha value is -1.26. The lowest BCUT2D eigenvalue weighted by Crippen LogP contribution is -2.62. The van der Waals surface area contributed by atoms with E-state index in [4.69, 9.17) is 0 Å². The molecule has 0 unspecified atom stereocenters. The van der Waals surface area contributed by atoms with Gasteiger partial charge in [-0.1, -0.05) is 20.8 Å². The van der Waals surface area contributed by atoms with Crippen LogP contribution in [0.2, 0.25) is 0 Å². The molecule has 3 amide bonds. The number of piperidine rings is 1. The highest BCUT2D eigenvalue weighted by Crippen LogP contribution is 2.55. The highest BCUT2D eigenvalue weighted by atomic mass is 16.2. The molecular weight excluding hydrogens is 326 g/mol. The summed E-state index contributed by atoms with van der Waals surface area (Å²) in [6.07, 6.45) is 9.45. The van der Waals surface area contributed by atoms with E-state index in [0.29, 0.717) is 0 Å². The predicted octanol–water partition coefficient (Wildman–Crippen LogP) is 3.29. The fourth-order valence-electron chi connectivity index (χ4n) is 6.43. The maximum Gasteiger partial charge on any atom is 0.315 e. The number of hydrogen-bond donors (Lipinski definition) is 2. The standard InChI is InChI=1S/C21H35N3O2/c1-20(2,3)18(25)24-6-4-17(5-7-24)22-19(26)23-21-11-14-8-15(12-21)10-16(9-14)13-21/h14-17H,4-13H2,1-3H3,(H2,22,23,26). The van der Waals surface area contributed by atoms with Gasteiger partial charge in [0, 0.05) is 30.1 Å². The molecule has 5 rings (SSSR count). The van der Waals surface area contributed by atoms with E-state index in [1.165, 1.54) is 38.5 Å².